The number of hydrogen-bond acceptors (Lipinski definition) is 3. The van der Waals surface area contributed by atoms with Gasteiger partial charge in [0.15, 0.2) is 0 Å². The van der Waals surface area contributed by atoms with E-state index in [2.05, 4.69) is 53.2 Å². The number of carbonyl (C=O) groups excluding carboxylic acids is 1. The Kier molecular flexibility index (Phi) is 6.49. The zero-order chi connectivity index (χ0) is 17.6. The van der Waals surface area contributed by atoms with Gasteiger partial charge in [-0.05, 0) is 37.3 Å². The summed E-state index contributed by atoms with van der Waals surface area (Å²) in [6.45, 7) is 9.04. The molecule has 138 valence electrons. The first-order valence-electron chi connectivity index (χ1n) is 10.0. The van der Waals surface area contributed by atoms with Crippen molar-refractivity contribution in [2.75, 3.05) is 32.7 Å². The summed E-state index contributed by atoms with van der Waals surface area (Å²) in [5.41, 5.74) is 2.49. The van der Waals surface area contributed by atoms with E-state index in [9.17, 15) is 4.79 Å². The van der Waals surface area contributed by atoms with Gasteiger partial charge < -0.3 is 10.2 Å². The summed E-state index contributed by atoms with van der Waals surface area (Å²) in [6.07, 6.45) is 5.83. The molecule has 0 saturated carbocycles. The van der Waals surface area contributed by atoms with Gasteiger partial charge in [-0.25, -0.2) is 0 Å². The van der Waals surface area contributed by atoms with Crippen LogP contribution in [0.25, 0.3) is 0 Å². The Bertz CT molecular complexity index is 549. The third-order valence-electron chi connectivity index (χ3n) is 5.62. The molecule has 2 saturated heterocycles. The van der Waals surface area contributed by atoms with Gasteiger partial charge in [0.25, 0.3) is 0 Å². The van der Waals surface area contributed by atoms with Crippen molar-refractivity contribution < 1.29 is 4.79 Å². The van der Waals surface area contributed by atoms with Gasteiger partial charge in [-0.15, -0.1) is 0 Å². The smallest absolute Gasteiger partial charge is 0.244 e. The van der Waals surface area contributed by atoms with Gasteiger partial charge >= 0.3 is 0 Å². The van der Waals surface area contributed by atoms with E-state index >= 15 is 0 Å². The van der Waals surface area contributed by atoms with Crippen LogP contribution in [-0.4, -0.2) is 54.5 Å². The number of rotatable bonds is 4. The number of piperazine rings is 1. The summed E-state index contributed by atoms with van der Waals surface area (Å²) in [6, 6.07) is 9.02. The molecule has 1 aromatic rings. The number of likely N-dealkylation sites (tertiary alicyclic amines) is 1. The summed E-state index contributed by atoms with van der Waals surface area (Å²) >= 11 is 0. The lowest BCUT2D eigenvalue weighted by atomic mass is 9.99. The molecule has 1 amide bonds. The molecule has 0 bridgehead atoms. The Hall–Kier alpha value is -1.39. The number of nitrogens with one attached hydrogen (secondary N) is 1. The number of nitrogens with zero attached hydrogens (tertiary/aromatic N) is 2. The van der Waals surface area contributed by atoms with Gasteiger partial charge in [-0.2, -0.15) is 0 Å². The summed E-state index contributed by atoms with van der Waals surface area (Å²) in [7, 11) is 0. The Balaban J connectivity index is 1.85. The predicted octanol–water partition coefficient (Wildman–Crippen LogP) is 2.99. The van der Waals surface area contributed by atoms with Crippen molar-refractivity contribution in [1.82, 2.24) is 15.1 Å². The number of carbonyl (C=O) groups is 1. The summed E-state index contributed by atoms with van der Waals surface area (Å²) < 4.78 is 0. The highest BCUT2D eigenvalue weighted by Gasteiger charge is 2.33. The molecule has 2 aliphatic heterocycles. The zero-order valence-electron chi connectivity index (χ0n) is 15.8. The lowest BCUT2D eigenvalue weighted by Crippen LogP contribution is -2.53. The first kappa shape index (κ1) is 18.4. The monoisotopic (exact) mass is 343 g/mol. The SMILES string of the molecule is CCc1ccc(C(C(=O)N2CCCCCC2)N2CCNC(C)C2)cc1. The molecule has 0 spiro atoms. The molecule has 1 aromatic carbocycles. The van der Waals surface area contributed by atoms with E-state index in [-0.39, 0.29) is 6.04 Å². The number of hydrogen-bond donors (Lipinski definition) is 1. The van der Waals surface area contributed by atoms with Gasteiger partial charge in [0.2, 0.25) is 5.91 Å². The maximum atomic E-state index is 13.5. The molecule has 25 heavy (non-hydrogen) atoms. The number of aryl methyl sites for hydroxylation is 1. The van der Waals surface area contributed by atoms with Crippen LogP contribution in [0.4, 0.5) is 0 Å². The quantitative estimate of drug-likeness (QED) is 0.913. The van der Waals surface area contributed by atoms with Crippen molar-refractivity contribution in [3.8, 4) is 0 Å². The molecule has 0 aromatic heterocycles. The predicted molar refractivity (Wildman–Crippen MR) is 103 cm³/mol. The molecule has 2 aliphatic rings. The summed E-state index contributed by atoms with van der Waals surface area (Å²) in [5.74, 6) is 0.306. The molecular weight excluding hydrogens is 310 g/mol. The Labute approximate surface area is 152 Å². The van der Waals surface area contributed by atoms with E-state index in [0.717, 1.165) is 57.5 Å². The van der Waals surface area contributed by atoms with Gasteiger partial charge in [-0.1, -0.05) is 44.0 Å². The van der Waals surface area contributed by atoms with Crippen molar-refractivity contribution in [2.24, 2.45) is 0 Å². The normalized spacial score (nSPS) is 23.9. The lowest BCUT2D eigenvalue weighted by Gasteiger charge is -2.39. The molecule has 3 rings (SSSR count). The van der Waals surface area contributed by atoms with Crippen molar-refractivity contribution in [1.29, 1.82) is 0 Å². The fourth-order valence-electron chi connectivity index (χ4n) is 4.11. The molecule has 1 N–H and O–H groups in total. The van der Waals surface area contributed by atoms with Gasteiger partial charge in [0, 0.05) is 38.8 Å². The van der Waals surface area contributed by atoms with Crippen molar-refractivity contribution in [3.63, 3.8) is 0 Å². The third kappa shape index (κ3) is 4.62. The van der Waals surface area contributed by atoms with Crippen LogP contribution in [-0.2, 0) is 11.2 Å². The summed E-state index contributed by atoms with van der Waals surface area (Å²) in [4.78, 5) is 18.0. The molecular formula is C21H33N3O. The van der Waals surface area contributed by atoms with Crippen LogP contribution >= 0.6 is 0 Å². The van der Waals surface area contributed by atoms with Gasteiger partial charge in [0.1, 0.15) is 6.04 Å². The standard InChI is InChI=1S/C21H33N3O/c1-3-18-8-10-19(11-9-18)20(24-15-12-22-17(2)16-24)21(25)23-13-6-4-5-7-14-23/h8-11,17,20,22H,3-7,12-16H2,1-2H3. The van der Waals surface area contributed by atoms with Crippen LogP contribution in [0, 0.1) is 0 Å². The molecule has 4 nitrogen and oxygen atoms in total. The van der Waals surface area contributed by atoms with E-state index in [0.29, 0.717) is 11.9 Å². The van der Waals surface area contributed by atoms with Crippen molar-refractivity contribution in [2.45, 2.75) is 58.0 Å². The molecule has 2 fully saturated rings. The van der Waals surface area contributed by atoms with Crippen LogP contribution in [0.5, 0.6) is 0 Å². The minimum Gasteiger partial charge on any atom is -0.341 e. The Morgan fingerprint density at radius 1 is 1.12 bits per heavy atom. The van der Waals surface area contributed by atoms with Gasteiger partial charge in [-0.3, -0.25) is 9.69 Å². The fourth-order valence-corrected chi connectivity index (χ4v) is 4.11. The summed E-state index contributed by atoms with van der Waals surface area (Å²) in [5, 5.41) is 3.50. The Morgan fingerprint density at radius 2 is 1.80 bits per heavy atom. The lowest BCUT2D eigenvalue weighted by molar-refractivity contribution is -0.137. The van der Waals surface area contributed by atoms with Crippen molar-refractivity contribution >= 4 is 5.91 Å². The third-order valence-corrected chi connectivity index (χ3v) is 5.62. The maximum absolute atomic E-state index is 13.5. The number of benzene rings is 1. The zero-order valence-corrected chi connectivity index (χ0v) is 15.8. The van der Waals surface area contributed by atoms with E-state index in [4.69, 9.17) is 0 Å². The molecule has 0 radical (unpaired) electrons. The minimum atomic E-state index is -0.131. The highest BCUT2D eigenvalue weighted by Crippen LogP contribution is 2.26. The van der Waals surface area contributed by atoms with E-state index in [1.165, 1.54) is 18.4 Å². The maximum Gasteiger partial charge on any atom is 0.244 e. The highest BCUT2D eigenvalue weighted by atomic mass is 16.2. The van der Waals surface area contributed by atoms with E-state index in [1.54, 1.807) is 0 Å². The molecule has 2 atom stereocenters. The molecule has 2 unspecified atom stereocenters. The van der Waals surface area contributed by atoms with Crippen LogP contribution in [0.1, 0.15) is 56.7 Å². The van der Waals surface area contributed by atoms with E-state index < -0.39 is 0 Å². The Morgan fingerprint density at radius 3 is 2.40 bits per heavy atom. The van der Waals surface area contributed by atoms with Crippen LogP contribution in [0.15, 0.2) is 24.3 Å². The average Bonchev–Trinajstić information content (AvgIpc) is 2.92. The highest BCUT2D eigenvalue weighted by molar-refractivity contribution is 5.83. The average molecular weight is 344 g/mol. The molecule has 4 heteroatoms. The minimum absolute atomic E-state index is 0.131. The second-order valence-corrected chi connectivity index (χ2v) is 7.59. The fraction of sp³-hybridized carbons (Fsp3) is 0.667. The van der Waals surface area contributed by atoms with Crippen LogP contribution < -0.4 is 5.32 Å². The van der Waals surface area contributed by atoms with Crippen LogP contribution in [0.3, 0.4) is 0 Å². The largest absolute Gasteiger partial charge is 0.341 e. The second-order valence-electron chi connectivity index (χ2n) is 7.59. The molecule has 2 heterocycles. The topological polar surface area (TPSA) is 35.6 Å². The van der Waals surface area contributed by atoms with Gasteiger partial charge in [0.05, 0.1) is 0 Å². The number of amides is 1. The first-order valence-corrected chi connectivity index (χ1v) is 10.0. The first-order chi connectivity index (χ1) is 12.2. The molecule has 0 aliphatic carbocycles. The van der Waals surface area contributed by atoms with Crippen molar-refractivity contribution in [3.05, 3.63) is 35.4 Å². The van der Waals surface area contributed by atoms with Crippen LogP contribution in [0.2, 0.25) is 0 Å². The second kappa shape index (κ2) is 8.81. The van der Waals surface area contributed by atoms with E-state index in [1.807, 2.05) is 0 Å².